The van der Waals surface area contributed by atoms with Crippen LogP contribution in [0.3, 0.4) is 0 Å². The second kappa shape index (κ2) is 12.1. The third-order valence-corrected chi connectivity index (χ3v) is 6.84. The number of nitrogens with zero attached hydrogens (tertiary/aromatic N) is 2. The Balaban J connectivity index is 0.00000324. The Kier molecular flexibility index (Phi) is 9.40. The first kappa shape index (κ1) is 26.5. The number of likely N-dealkylation sites (tertiary alicyclic amines) is 1. The Bertz CT molecular complexity index is 1020. The Labute approximate surface area is 217 Å². The van der Waals surface area contributed by atoms with Crippen molar-refractivity contribution in [2.75, 3.05) is 26.7 Å². The normalized spacial score (nSPS) is 16.8. The van der Waals surface area contributed by atoms with Gasteiger partial charge in [0.2, 0.25) is 5.91 Å². The molecule has 0 unspecified atom stereocenters. The van der Waals surface area contributed by atoms with E-state index in [0.29, 0.717) is 23.1 Å². The standard InChI is InChI=1S/C27H28Cl2N2O2.ClH/c1-30(25(19-5-3-2-4-6-19)18-31-16-15-24(32)17-31)27(33)26(20-7-11-22(28)12-8-20)21-9-13-23(29)14-10-21;/h2-14,24-26,32H,15-18H2,1H3;1H/t24-,25+;/m0./s1. The topological polar surface area (TPSA) is 43.8 Å². The molecule has 1 aliphatic rings. The summed E-state index contributed by atoms with van der Waals surface area (Å²) in [4.78, 5) is 18.1. The van der Waals surface area contributed by atoms with Gasteiger partial charge in [-0.15, -0.1) is 12.4 Å². The lowest BCUT2D eigenvalue weighted by atomic mass is 9.89. The fourth-order valence-electron chi connectivity index (χ4n) is 4.49. The zero-order valence-corrected chi connectivity index (χ0v) is 21.3. The van der Waals surface area contributed by atoms with E-state index in [1.54, 1.807) is 0 Å². The van der Waals surface area contributed by atoms with Crippen LogP contribution in [-0.4, -0.2) is 53.6 Å². The molecule has 4 rings (SSSR count). The van der Waals surface area contributed by atoms with Gasteiger partial charge in [-0.25, -0.2) is 0 Å². The number of benzene rings is 3. The van der Waals surface area contributed by atoms with Gasteiger partial charge in [0, 0.05) is 36.7 Å². The van der Waals surface area contributed by atoms with Gasteiger partial charge in [-0.05, 0) is 47.4 Å². The van der Waals surface area contributed by atoms with E-state index in [0.717, 1.165) is 29.7 Å². The molecule has 1 N–H and O–H groups in total. The smallest absolute Gasteiger partial charge is 0.234 e. The molecule has 34 heavy (non-hydrogen) atoms. The fraction of sp³-hybridized carbons (Fsp3) is 0.296. The van der Waals surface area contributed by atoms with Crippen LogP contribution in [0.5, 0.6) is 0 Å². The van der Waals surface area contributed by atoms with Gasteiger partial charge in [0.1, 0.15) is 0 Å². The van der Waals surface area contributed by atoms with Crippen molar-refractivity contribution in [3.63, 3.8) is 0 Å². The molecule has 0 aliphatic carbocycles. The number of halogens is 3. The van der Waals surface area contributed by atoms with Crippen molar-refractivity contribution in [2.24, 2.45) is 0 Å². The van der Waals surface area contributed by atoms with Crippen LogP contribution in [0.15, 0.2) is 78.9 Å². The van der Waals surface area contributed by atoms with Crippen LogP contribution in [0.4, 0.5) is 0 Å². The van der Waals surface area contributed by atoms with Crippen LogP contribution >= 0.6 is 35.6 Å². The highest BCUT2D eigenvalue weighted by Gasteiger charge is 2.32. The van der Waals surface area contributed by atoms with Crippen LogP contribution in [0.25, 0.3) is 0 Å². The minimum absolute atomic E-state index is 0. The van der Waals surface area contributed by atoms with E-state index < -0.39 is 5.92 Å². The summed E-state index contributed by atoms with van der Waals surface area (Å²) in [7, 11) is 1.87. The van der Waals surface area contributed by atoms with Gasteiger partial charge in [-0.3, -0.25) is 9.69 Å². The predicted molar refractivity (Wildman–Crippen MR) is 141 cm³/mol. The highest BCUT2D eigenvalue weighted by atomic mass is 35.5. The molecule has 0 saturated carbocycles. The Morgan fingerprint density at radius 3 is 1.94 bits per heavy atom. The summed E-state index contributed by atoms with van der Waals surface area (Å²) in [6, 6.07) is 24.8. The molecule has 0 radical (unpaired) electrons. The quantitative estimate of drug-likeness (QED) is 0.428. The lowest BCUT2D eigenvalue weighted by molar-refractivity contribution is -0.133. The molecular formula is C27H29Cl3N2O2. The van der Waals surface area contributed by atoms with Crippen molar-refractivity contribution < 1.29 is 9.90 Å². The molecule has 1 amide bonds. The van der Waals surface area contributed by atoms with Gasteiger partial charge in [-0.2, -0.15) is 0 Å². The second-order valence-electron chi connectivity index (χ2n) is 8.61. The number of rotatable bonds is 7. The van der Waals surface area contributed by atoms with Gasteiger partial charge >= 0.3 is 0 Å². The lowest BCUT2D eigenvalue weighted by Crippen LogP contribution is -2.41. The lowest BCUT2D eigenvalue weighted by Gasteiger charge is -2.34. The first-order valence-corrected chi connectivity index (χ1v) is 11.9. The number of carbonyl (C=O) groups excluding carboxylic acids is 1. The van der Waals surface area contributed by atoms with E-state index in [-0.39, 0.29) is 30.5 Å². The van der Waals surface area contributed by atoms with Crippen molar-refractivity contribution in [2.45, 2.75) is 24.5 Å². The van der Waals surface area contributed by atoms with E-state index >= 15 is 0 Å². The summed E-state index contributed by atoms with van der Waals surface area (Å²) < 4.78 is 0. The molecule has 7 heteroatoms. The summed E-state index contributed by atoms with van der Waals surface area (Å²) in [6.45, 7) is 2.12. The molecule has 0 aromatic heterocycles. The third-order valence-electron chi connectivity index (χ3n) is 6.33. The first-order chi connectivity index (χ1) is 15.9. The summed E-state index contributed by atoms with van der Waals surface area (Å²) in [6.07, 6.45) is 0.454. The van der Waals surface area contributed by atoms with Crippen LogP contribution < -0.4 is 0 Å². The third kappa shape index (κ3) is 6.32. The maximum atomic E-state index is 14.1. The molecule has 3 aromatic carbocycles. The first-order valence-electron chi connectivity index (χ1n) is 11.2. The van der Waals surface area contributed by atoms with Gasteiger partial charge in [-0.1, -0.05) is 77.8 Å². The molecule has 0 bridgehead atoms. The fourth-order valence-corrected chi connectivity index (χ4v) is 4.75. The highest BCUT2D eigenvalue weighted by Crippen LogP contribution is 2.32. The van der Waals surface area contributed by atoms with Crippen molar-refractivity contribution in [1.29, 1.82) is 0 Å². The summed E-state index contributed by atoms with van der Waals surface area (Å²) in [5.41, 5.74) is 2.82. The zero-order chi connectivity index (χ0) is 23.4. The summed E-state index contributed by atoms with van der Waals surface area (Å²) >= 11 is 12.2. The molecule has 4 nitrogen and oxygen atoms in total. The average Bonchev–Trinajstić information content (AvgIpc) is 3.25. The number of likely N-dealkylation sites (N-methyl/N-ethyl adjacent to an activating group) is 1. The minimum Gasteiger partial charge on any atom is -0.392 e. The van der Waals surface area contributed by atoms with Gasteiger partial charge < -0.3 is 10.0 Å². The number of aliphatic hydroxyl groups is 1. The molecule has 1 saturated heterocycles. The molecular weight excluding hydrogens is 491 g/mol. The molecule has 0 spiro atoms. The molecule has 2 atom stereocenters. The summed E-state index contributed by atoms with van der Waals surface area (Å²) in [5, 5.41) is 11.3. The maximum Gasteiger partial charge on any atom is 0.234 e. The molecule has 1 aliphatic heterocycles. The number of carbonyl (C=O) groups is 1. The second-order valence-corrected chi connectivity index (χ2v) is 9.49. The van der Waals surface area contributed by atoms with Crippen LogP contribution in [0, 0.1) is 0 Å². The largest absolute Gasteiger partial charge is 0.392 e. The monoisotopic (exact) mass is 518 g/mol. The maximum absolute atomic E-state index is 14.1. The number of aliphatic hydroxyl groups excluding tert-OH is 1. The zero-order valence-electron chi connectivity index (χ0n) is 19.0. The highest BCUT2D eigenvalue weighted by molar-refractivity contribution is 6.30. The molecule has 3 aromatic rings. The van der Waals surface area contributed by atoms with E-state index in [1.807, 2.05) is 78.7 Å². The van der Waals surface area contributed by atoms with Crippen molar-refractivity contribution in [3.8, 4) is 0 Å². The van der Waals surface area contributed by atoms with Crippen LogP contribution in [0.1, 0.15) is 35.1 Å². The molecule has 180 valence electrons. The van der Waals surface area contributed by atoms with Crippen molar-refractivity contribution in [1.82, 2.24) is 9.80 Å². The summed E-state index contributed by atoms with van der Waals surface area (Å²) in [5.74, 6) is -0.492. The predicted octanol–water partition coefficient (Wildman–Crippen LogP) is 5.81. The Hall–Kier alpha value is -2.08. The SMILES string of the molecule is CN(C(=O)C(c1ccc(Cl)cc1)c1ccc(Cl)cc1)[C@H](CN1CC[C@H](O)C1)c1ccccc1.Cl. The number of hydrogen-bond acceptors (Lipinski definition) is 3. The van der Waals surface area contributed by atoms with Crippen LogP contribution in [0.2, 0.25) is 10.0 Å². The number of hydrogen-bond donors (Lipinski definition) is 1. The van der Waals surface area contributed by atoms with Gasteiger partial charge in [0.05, 0.1) is 18.1 Å². The van der Waals surface area contributed by atoms with E-state index in [4.69, 9.17) is 23.2 Å². The van der Waals surface area contributed by atoms with Gasteiger partial charge in [0.15, 0.2) is 0 Å². The average molecular weight is 520 g/mol. The Morgan fingerprint density at radius 1 is 0.941 bits per heavy atom. The Morgan fingerprint density at radius 2 is 1.47 bits per heavy atom. The van der Waals surface area contributed by atoms with Crippen LogP contribution in [-0.2, 0) is 4.79 Å². The van der Waals surface area contributed by atoms with E-state index in [2.05, 4.69) is 17.0 Å². The van der Waals surface area contributed by atoms with E-state index in [9.17, 15) is 9.90 Å². The van der Waals surface area contributed by atoms with Crippen molar-refractivity contribution in [3.05, 3.63) is 106 Å². The van der Waals surface area contributed by atoms with Crippen molar-refractivity contribution >= 4 is 41.5 Å². The van der Waals surface area contributed by atoms with Gasteiger partial charge in [0.25, 0.3) is 0 Å². The number of amides is 1. The van der Waals surface area contributed by atoms with E-state index in [1.165, 1.54) is 0 Å². The molecule has 1 fully saturated rings. The molecule has 1 heterocycles. The number of β-amino-alcohol motifs (C(OH)–C–C–N with tert-alkyl or cyclic N) is 1. The minimum atomic E-state index is -0.486.